The number of nitrogens with zero attached hydrogens (tertiary/aromatic N) is 2. The largest absolute Gasteiger partial charge is 0.497 e. The van der Waals surface area contributed by atoms with Crippen molar-refractivity contribution in [1.82, 2.24) is 9.55 Å². The van der Waals surface area contributed by atoms with E-state index in [1.165, 1.54) is 0 Å². The van der Waals surface area contributed by atoms with E-state index in [9.17, 15) is 9.90 Å². The van der Waals surface area contributed by atoms with Crippen molar-refractivity contribution in [2.75, 3.05) is 14.2 Å². The van der Waals surface area contributed by atoms with E-state index in [1.54, 1.807) is 14.2 Å². The number of benzene rings is 2. The Labute approximate surface area is 170 Å². The second-order valence-electron chi connectivity index (χ2n) is 7.07. The Bertz CT molecular complexity index is 973. The molecular weight excluding hydrogens is 368 g/mol. The first kappa shape index (κ1) is 20.5. The maximum atomic E-state index is 11.3. The van der Waals surface area contributed by atoms with Crippen LogP contribution in [-0.4, -0.2) is 34.8 Å². The van der Waals surface area contributed by atoms with Crippen LogP contribution in [0.4, 0.5) is 0 Å². The number of aliphatic carboxylic acids is 1. The molecule has 0 aliphatic heterocycles. The first-order valence-corrected chi connectivity index (χ1v) is 9.55. The number of carboxylic acid groups (broad SMARTS) is 1. The van der Waals surface area contributed by atoms with E-state index in [4.69, 9.17) is 14.5 Å². The van der Waals surface area contributed by atoms with E-state index in [0.717, 1.165) is 39.8 Å². The van der Waals surface area contributed by atoms with Crippen molar-refractivity contribution in [2.24, 2.45) is 0 Å². The highest BCUT2D eigenvalue weighted by Crippen LogP contribution is 2.36. The SMILES string of the molecule is COc1ccc(-c2nc(C(C)C)n(CCC(=O)O)c2-c2ccc(OC)cc2)cc1. The summed E-state index contributed by atoms with van der Waals surface area (Å²) in [6, 6.07) is 15.5. The quantitative estimate of drug-likeness (QED) is 0.592. The van der Waals surface area contributed by atoms with Crippen molar-refractivity contribution >= 4 is 5.97 Å². The molecule has 3 rings (SSSR count). The van der Waals surface area contributed by atoms with Crippen molar-refractivity contribution < 1.29 is 19.4 Å². The molecule has 2 aromatic carbocycles. The van der Waals surface area contributed by atoms with Crippen LogP contribution < -0.4 is 9.47 Å². The number of aromatic nitrogens is 2. The molecule has 0 saturated heterocycles. The van der Waals surface area contributed by atoms with E-state index in [0.29, 0.717) is 6.54 Å². The lowest BCUT2D eigenvalue weighted by molar-refractivity contribution is -0.137. The maximum absolute atomic E-state index is 11.3. The molecule has 6 nitrogen and oxygen atoms in total. The van der Waals surface area contributed by atoms with Crippen LogP contribution in [0.3, 0.4) is 0 Å². The average Bonchev–Trinajstić information content (AvgIpc) is 3.12. The van der Waals surface area contributed by atoms with Gasteiger partial charge in [0.1, 0.15) is 17.3 Å². The van der Waals surface area contributed by atoms with Crippen LogP contribution in [0, 0.1) is 0 Å². The van der Waals surface area contributed by atoms with Crippen LogP contribution in [0.1, 0.15) is 32.0 Å². The number of rotatable bonds is 8. The first-order valence-electron chi connectivity index (χ1n) is 9.55. The van der Waals surface area contributed by atoms with E-state index >= 15 is 0 Å². The zero-order valence-electron chi connectivity index (χ0n) is 17.2. The Kier molecular flexibility index (Phi) is 6.22. The third kappa shape index (κ3) is 4.42. The van der Waals surface area contributed by atoms with Crippen LogP contribution in [0.2, 0.25) is 0 Å². The Balaban J connectivity index is 2.21. The second kappa shape index (κ2) is 8.82. The van der Waals surface area contributed by atoms with Crippen molar-refractivity contribution in [3.8, 4) is 34.0 Å². The number of ether oxygens (including phenoxy) is 2. The zero-order chi connectivity index (χ0) is 21.0. The van der Waals surface area contributed by atoms with Crippen molar-refractivity contribution in [2.45, 2.75) is 32.7 Å². The fourth-order valence-corrected chi connectivity index (χ4v) is 3.34. The smallest absolute Gasteiger partial charge is 0.305 e. The Morgan fingerprint density at radius 3 is 1.93 bits per heavy atom. The topological polar surface area (TPSA) is 73.6 Å². The van der Waals surface area contributed by atoms with Gasteiger partial charge in [0, 0.05) is 23.6 Å². The third-order valence-corrected chi connectivity index (χ3v) is 4.79. The molecule has 0 amide bonds. The van der Waals surface area contributed by atoms with Gasteiger partial charge in [0.05, 0.1) is 32.0 Å². The summed E-state index contributed by atoms with van der Waals surface area (Å²) in [5.41, 5.74) is 3.64. The molecule has 0 aliphatic carbocycles. The summed E-state index contributed by atoms with van der Waals surface area (Å²) in [6.45, 7) is 4.48. The monoisotopic (exact) mass is 394 g/mol. The summed E-state index contributed by atoms with van der Waals surface area (Å²) in [7, 11) is 3.26. The lowest BCUT2D eigenvalue weighted by Gasteiger charge is -2.14. The van der Waals surface area contributed by atoms with Crippen molar-refractivity contribution in [3.63, 3.8) is 0 Å². The fraction of sp³-hybridized carbons (Fsp3) is 0.304. The zero-order valence-corrected chi connectivity index (χ0v) is 17.2. The summed E-state index contributed by atoms with van der Waals surface area (Å²) >= 11 is 0. The molecule has 152 valence electrons. The molecule has 6 heteroatoms. The van der Waals surface area contributed by atoms with Gasteiger partial charge in [-0.3, -0.25) is 4.79 Å². The Morgan fingerprint density at radius 1 is 0.966 bits per heavy atom. The van der Waals surface area contributed by atoms with Gasteiger partial charge in [0.25, 0.3) is 0 Å². The highest BCUT2D eigenvalue weighted by Gasteiger charge is 2.22. The second-order valence-corrected chi connectivity index (χ2v) is 7.07. The van der Waals surface area contributed by atoms with Gasteiger partial charge in [-0.15, -0.1) is 0 Å². The third-order valence-electron chi connectivity index (χ3n) is 4.79. The van der Waals surface area contributed by atoms with Gasteiger partial charge in [0.15, 0.2) is 0 Å². The minimum absolute atomic E-state index is 0.0291. The highest BCUT2D eigenvalue weighted by atomic mass is 16.5. The van der Waals surface area contributed by atoms with E-state index in [2.05, 4.69) is 13.8 Å². The van der Waals surface area contributed by atoms with Gasteiger partial charge in [-0.05, 0) is 48.5 Å². The summed E-state index contributed by atoms with van der Waals surface area (Å²) < 4.78 is 12.6. The summed E-state index contributed by atoms with van der Waals surface area (Å²) in [5.74, 6) is 1.71. The van der Waals surface area contributed by atoms with Crippen LogP contribution in [0.5, 0.6) is 11.5 Å². The number of hydrogen-bond acceptors (Lipinski definition) is 4. The lowest BCUT2D eigenvalue weighted by Crippen LogP contribution is -2.10. The predicted molar refractivity (Wildman–Crippen MR) is 113 cm³/mol. The summed E-state index contributed by atoms with van der Waals surface area (Å²) in [5, 5.41) is 9.25. The lowest BCUT2D eigenvalue weighted by atomic mass is 10.0. The highest BCUT2D eigenvalue weighted by molar-refractivity contribution is 5.80. The molecule has 0 unspecified atom stereocenters. The average molecular weight is 394 g/mol. The molecular formula is C23H26N2O4. The van der Waals surface area contributed by atoms with Gasteiger partial charge in [-0.25, -0.2) is 4.98 Å². The molecule has 29 heavy (non-hydrogen) atoms. The predicted octanol–water partition coefficient (Wildman–Crippen LogP) is 4.83. The number of methoxy groups -OCH3 is 2. The fourth-order valence-electron chi connectivity index (χ4n) is 3.34. The summed E-state index contributed by atoms with van der Waals surface area (Å²) in [4.78, 5) is 16.2. The molecule has 0 saturated carbocycles. The molecule has 0 spiro atoms. The Hall–Kier alpha value is -3.28. The first-order chi connectivity index (χ1) is 13.9. The van der Waals surface area contributed by atoms with Gasteiger partial charge in [-0.1, -0.05) is 13.8 Å². The number of carboxylic acids is 1. The summed E-state index contributed by atoms with van der Waals surface area (Å²) in [6.07, 6.45) is 0.0291. The normalized spacial score (nSPS) is 10.9. The molecule has 0 fully saturated rings. The van der Waals surface area contributed by atoms with E-state index < -0.39 is 5.97 Å². The van der Waals surface area contributed by atoms with Crippen LogP contribution >= 0.6 is 0 Å². The molecule has 0 atom stereocenters. The maximum Gasteiger partial charge on any atom is 0.305 e. The number of carbonyl (C=O) groups is 1. The molecule has 1 N–H and O–H groups in total. The molecule has 0 bridgehead atoms. The van der Waals surface area contributed by atoms with Gasteiger partial charge in [0.2, 0.25) is 0 Å². The number of hydrogen-bond donors (Lipinski definition) is 1. The van der Waals surface area contributed by atoms with Gasteiger partial charge in [-0.2, -0.15) is 0 Å². The van der Waals surface area contributed by atoms with Crippen LogP contribution in [0.15, 0.2) is 48.5 Å². The minimum atomic E-state index is -0.833. The van der Waals surface area contributed by atoms with Crippen molar-refractivity contribution in [1.29, 1.82) is 0 Å². The van der Waals surface area contributed by atoms with E-state index in [1.807, 2.05) is 53.1 Å². The van der Waals surface area contributed by atoms with Gasteiger partial charge >= 0.3 is 5.97 Å². The number of imidazole rings is 1. The standard InChI is InChI=1S/C23H26N2O4/c1-15(2)23-24-21(16-5-9-18(28-3)10-6-16)22(25(23)14-13-20(26)27)17-7-11-19(29-4)12-8-17/h5-12,15H,13-14H2,1-4H3,(H,26,27). The van der Waals surface area contributed by atoms with Gasteiger partial charge < -0.3 is 19.1 Å². The van der Waals surface area contributed by atoms with E-state index in [-0.39, 0.29) is 12.3 Å². The van der Waals surface area contributed by atoms with Crippen molar-refractivity contribution in [3.05, 3.63) is 54.4 Å². The minimum Gasteiger partial charge on any atom is -0.497 e. The van der Waals surface area contributed by atoms with Crippen LogP contribution in [0.25, 0.3) is 22.5 Å². The molecule has 0 aliphatic rings. The molecule has 1 heterocycles. The molecule has 3 aromatic rings. The Morgan fingerprint density at radius 2 is 1.48 bits per heavy atom. The molecule has 0 radical (unpaired) electrons. The molecule has 1 aromatic heterocycles. The van der Waals surface area contributed by atoms with Crippen LogP contribution in [-0.2, 0) is 11.3 Å².